The van der Waals surface area contributed by atoms with Crippen molar-refractivity contribution in [3.05, 3.63) is 18.0 Å². The zero-order chi connectivity index (χ0) is 14.4. The number of rotatable bonds is 7. The van der Waals surface area contributed by atoms with Crippen LogP contribution in [0.1, 0.15) is 70.0 Å². The smallest absolute Gasteiger partial charge is 0.0591 e. The van der Waals surface area contributed by atoms with Crippen molar-refractivity contribution in [3.8, 4) is 0 Å². The third-order valence-electron chi connectivity index (χ3n) is 4.38. The van der Waals surface area contributed by atoms with Crippen molar-refractivity contribution in [1.29, 1.82) is 0 Å². The molecule has 0 amide bonds. The first kappa shape index (κ1) is 15.5. The third kappa shape index (κ3) is 3.83. The summed E-state index contributed by atoms with van der Waals surface area (Å²) in [5.74, 6) is 0. The second-order valence-corrected chi connectivity index (χ2v) is 5.85. The van der Waals surface area contributed by atoms with Crippen molar-refractivity contribution >= 4 is 0 Å². The van der Waals surface area contributed by atoms with Crippen LogP contribution in [0.5, 0.6) is 0 Å². The highest BCUT2D eigenvalue weighted by Gasteiger charge is 2.24. The van der Waals surface area contributed by atoms with Gasteiger partial charge in [-0.15, -0.1) is 0 Å². The Bertz CT molecular complexity index is 391. The zero-order valence-electron chi connectivity index (χ0n) is 13.1. The van der Waals surface area contributed by atoms with E-state index < -0.39 is 0 Å². The molecule has 1 aliphatic rings. The molecule has 1 aromatic heterocycles. The van der Waals surface area contributed by atoms with E-state index in [9.17, 15) is 0 Å². The molecule has 1 aromatic rings. The lowest BCUT2D eigenvalue weighted by Crippen LogP contribution is -2.24. The van der Waals surface area contributed by atoms with Crippen LogP contribution in [0.2, 0.25) is 0 Å². The van der Waals surface area contributed by atoms with E-state index in [1.165, 1.54) is 31.2 Å². The van der Waals surface area contributed by atoms with Crippen LogP contribution < -0.4 is 5.32 Å². The van der Waals surface area contributed by atoms with Crippen LogP contribution in [0.3, 0.4) is 0 Å². The maximum absolute atomic E-state index is 5.52. The van der Waals surface area contributed by atoms with Gasteiger partial charge in [0.1, 0.15) is 0 Å². The summed E-state index contributed by atoms with van der Waals surface area (Å²) in [6.45, 7) is 5.50. The Morgan fingerprint density at radius 1 is 1.45 bits per heavy atom. The van der Waals surface area contributed by atoms with E-state index in [2.05, 4.69) is 35.1 Å². The average Bonchev–Trinajstić information content (AvgIpc) is 2.98. The molecule has 4 heteroatoms. The highest BCUT2D eigenvalue weighted by molar-refractivity contribution is 5.10. The van der Waals surface area contributed by atoms with E-state index in [4.69, 9.17) is 4.74 Å². The standard InChI is InChI=1S/C16H29N3O/c1-4-9-17-16(5-2)13-11-18-19(12-13)14-7-6-8-15(10-14)20-3/h11-12,14-17H,4-10H2,1-3H3. The second-order valence-electron chi connectivity index (χ2n) is 5.85. The van der Waals surface area contributed by atoms with Gasteiger partial charge in [-0.05, 0) is 45.1 Å². The number of nitrogens with one attached hydrogen (secondary N) is 1. The highest BCUT2D eigenvalue weighted by atomic mass is 16.5. The molecule has 0 spiro atoms. The lowest BCUT2D eigenvalue weighted by atomic mass is 9.93. The van der Waals surface area contributed by atoms with Crippen molar-refractivity contribution in [3.63, 3.8) is 0 Å². The van der Waals surface area contributed by atoms with Crippen molar-refractivity contribution < 1.29 is 4.74 Å². The SMILES string of the molecule is CCCNC(CC)c1cnn(C2CCCC(OC)C2)c1. The Morgan fingerprint density at radius 2 is 2.30 bits per heavy atom. The van der Waals surface area contributed by atoms with Gasteiger partial charge in [0.15, 0.2) is 0 Å². The number of aromatic nitrogens is 2. The predicted molar refractivity (Wildman–Crippen MR) is 81.9 cm³/mol. The molecule has 20 heavy (non-hydrogen) atoms. The topological polar surface area (TPSA) is 39.1 Å². The van der Waals surface area contributed by atoms with Gasteiger partial charge < -0.3 is 10.1 Å². The van der Waals surface area contributed by atoms with Gasteiger partial charge in [0.2, 0.25) is 0 Å². The van der Waals surface area contributed by atoms with E-state index >= 15 is 0 Å². The molecular formula is C16H29N3O. The van der Waals surface area contributed by atoms with Crippen molar-refractivity contribution in [1.82, 2.24) is 15.1 Å². The summed E-state index contributed by atoms with van der Waals surface area (Å²) >= 11 is 0. The Labute approximate surface area is 122 Å². The van der Waals surface area contributed by atoms with Crippen LogP contribution in [-0.2, 0) is 4.74 Å². The Morgan fingerprint density at radius 3 is 3.00 bits per heavy atom. The van der Waals surface area contributed by atoms with Gasteiger partial charge >= 0.3 is 0 Å². The summed E-state index contributed by atoms with van der Waals surface area (Å²) < 4.78 is 7.68. The van der Waals surface area contributed by atoms with Crippen molar-refractivity contribution in [2.45, 2.75) is 70.6 Å². The van der Waals surface area contributed by atoms with Crippen molar-refractivity contribution in [2.75, 3.05) is 13.7 Å². The first-order chi connectivity index (χ1) is 9.78. The number of nitrogens with zero attached hydrogens (tertiary/aromatic N) is 2. The quantitative estimate of drug-likeness (QED) is 0.830. The highest BCUT2D eigenvalue weighted by Crippen LogP contribution is 2.30. The van der Waals surface area contributed by atoms with Gasteiger partial charge in [0, 0.05) is 24.9 Å². The van der Waals surface area contributed by atoms with E-state index in [0.29, 0.717) is 18.2 Å². The zero-order valence-corrected chi connectivity index (χ0v) is 13.1. The number of ether oxygens (including phenoxy) is 1. The number of methoxy groups -OCH3 is 1. The lowest BCUT2D eigenvalue weighted by molar-refractivity contribution is 0.0508. The van der Waals surface area contributed by atoms with Crippen LogP contribution in [0, 0.1) is 0 Å². The fourth-order valence-corrected chi connectivity index (χ4v) is 3.12. The molecule has 114 valence electrons. The van der Waals surface area contributed by atoms with Crippen LogP contribution in [-0.4, -0.2) is 29.5 Å². The normalized spacial score (nSPS) is 24.8. The van der Waals surface area contributed by atoms with E-state index in [0.717, 1.165) is 19.4 Å². The molecule has 0 saturated heterocycles. The third-order valence-corrected chi connectivity index (χ3v) is 4.38. The van der Waals surface area contributed by atoms with Crippen molar-refractivity contribution in [2.24, 2.45) is 0 Å². The van der Waals surface area contributed by atoms with Gasteiger partial charge in [-0.1, -0.05) is 13.8 Å². The molecule has 2 rings (SSSR count). The fourth-order valence-electron chi connectivity index (χ4n) is 3.12. The van der Waals surface area contributed by atoms with E-state index in [-0.39, 0.29) is 0 Å². The first-order valence-electron chi connectivity index (χ1n) is 8.08. The Kier molecular flexibility index (Phi) is 6.05. The molecule has 3 unspecified atom stereocenters. The fraction of sp³-hybridized carbons (Fsp3) is 0.812. The maximum Gasteiger partial charge on any atom is 0.0591 e. The van der Waals surface area contributed by atoms with Gasteiger partial charge in [-0.2, -0.15) is 5.10 Å². The minimum absolute atomic E-state index is 0.404. The number of hydrogen-bond acceptors (Lipinski definition) is 3. The Balaban J connectivity index is 2.00. The van der Waals surface area contributed by atoms with Gasteiger partial charge in [0.25, 0.3) is 0 Å². The minimum atomic E-state index is 0.404. The maximum atomic E-state index is 5.52. The largest absolute Gasteiger partial charge is 0.381 e. The van der Waals surface area contributed by atoms with Crippen LogP contribution in [0.15, 0.2) is 12.4 Å². The minimum Gasteiger partial charge on any atom is -0.381 e. The summed E-state index contributed by atoms with van der Waals surface area (Å²) in [6.07, 6.45) is 11.7. The number of hydrogen-bond donors (Lipinski definition) is 1. The molecule has 1 saturated carbocycles. The summed E-state index contributed by atoms with van der Waals surface area (Å²) in [5, 5.41) is 8.20. The monoisotopic (exact) mass is 279 g/mol. The molecule has 0 aliphatic heterocycles. The van der Waals surface area contributed by atoms with E-state index in [1.54, 1.807) is 0 Å². The van der Waals surface area contributed by atoms with Crippen LogP contribution in [0.25, 0.3) is 0 Å². The van der Waals surface area contributed by atoms with Gasteiger partial charge in [-0.25, -0.2) is 0 Å². The lowest BCUT2D eigenvalue weighted by Gasteiger charge is -2.28. The second kappa shape index (κ2) is 7.79. The summed E-state index contributed by atoms with van der Waals surface area (Å²) in [5.41, 5.74) is 1.32. The molecule has 0 radical (unpaired) electrons. The van der Waals surface area contributed by atoms with Crippen LogP contribution >= 0.6 is 0 Å². The molecule has 1 aliphatic carbocycles. The van der Waals surface area contributed by atoms with Gasteiger partial charge in [0.05, 0.1) is 18.3 Å². The molecule has 3 atom stereocenters. The molecule has 0 bridgehead atoms. The molecule has 1 fully saturated rings. The predicted octanol–water partition coefficient (Wildman–Crippen LogP) is 3.46. The molecule has 1 N–H and O–H groups in total. The molecular weight excluding hydrogens is 250 g/mol. The van der Waals surface area contributed by atoms with E-state index in [1.807, 2.05) is 13.3 Å². The van der Waals surface area contributed by atoms with Crippen LogP contribution in [0.4, 0.5) is 0 Å². The van der Waals surface area contributed by atoms with Gasteiger partial charge in [-0.3, -0.25) is 4.68 Å². The molecule has 0 aromatic carbocycles. The summed E-state index contributed by atoms with van der Waals surface area (Å²) in [7, 11) is 1.82. The average molecular weight is 279 g/mol. The molecule has 4 nitrogen and oxygen atoms in total. The summed E-state index contributed by atoms with van der Waals surface area (Å²) in [6, 6.07) is 0.941. The summed E-state index contributed by atoms with van der Waals surface area (Å²) in [4.78, 5) is 0. The first-order valence-corrected chi connectivity index (χ1v) is 8.08. The molecule has 1 heterocycles. The Hall–Kier alpha value is -0.870.